The van der Waals surface area contributed by atoms with E-state index >= 15 is 0 Å². The Hall–Kier alpha value is -3.07. The summed E-state index contributed by atoms with van der Waals surface area (Å²) in [6.07, 6.45) is 1.00. The number of anilines is 1. The second kappa shape index (κ2) is 5.98. The number of fused-ring (bicyclic) bond motifs is 5. The van der Waals surface area contributed by atoms with E-state index in [2.05, 4.69) is 60.8 Å². The first-order valence-electron chi connectivity index (χ1n) is 9.40. The van der Waals surface area contributed by atoms with Gasteiger partial charge in [0.1, 0.15) is 0 Å². The molecule has 2 N–H and O–H groups in total. The van der Waals surface area contributed by atoms with Crippen molar-refractivity contribution in [1.29, 1.82) is 0 Å². The van der Waals surface area contributed by atoms with Gasteiger partial charge in [-0.15, -0.1) is 0 Å². The Bertz CT molecular complexity index is 1040. The molecule has 0 spiro atoms. The van der Waals surface area contributed by atoms with E-state index in [1.165, 1.54) is 22.3 Å². The summed E-state index contributed by atoms with van der Waals surface area (Å²) in [6, 6.07) is 23.0. The number of hydrogen-bond donors (Lipinski definition) is 2. The molecule has 3 atom stereocenters. The SMILES string of the molecule is Cc1ccc([C@@H]2Nc3ccc(C(=O)O)cc3[C@H]3c4ccccc4C[C@H]32)cc1. The molecule has 0 aromatic heterocycles. The van der Waals surface area contributed by atoms with Crippen LogP contribution in [0.15, 0.2) is 66.7 Å². The predicted octanol–water partition coefficient (Wildman–Crippen LogP) is 5.16. The minimum absolute atomic E-state index is 0.214. The van der Waals surface area contributed by atoms with E-state index in [1.54, 1.807) is 6.07 Å². The van der Waals surface area contributed by atoms with Crippen molar-refractivity contribution >= 4 is 11.7 Å². The van der Waals surface area contributed by atoms with Gasteiger partial charge in [0.15, 0.2) is 0 Å². The zero-order chi connectivity index (χ0) is 18.5. The topological polar surface area (TPSA) is 49.3 Å². The molecule has 0 amide bonds. The number of hydrogen-bond acceptors (Lipinski definition) is 2. The van der Waals surface area contributed by atoms with Crippen LogP contribution in [0.5, 0.6) is 0 Å². The molecule has 0 saturated carbocycles. The van der Waals surface area contributed by atoms with Crippen LogP contribution in [0.25, 0.3) is 0 Å². The maximum atomic E-state index is 11.5. The quantitative estimate of drug-likeness (QED) is 0.667. The highest BCUT2D eigenvalue weighted by atomic mass is 16.4. The van der Waals surface area contributed by atoms with Gasteiger partial charge in [-0.1, -0.05) is 54.1 Å². The summed E-state index contributed by atoms with van der Waals surface area (Å²) in [5.41, 5.74) is 7.76. The highest BCUT2D eigenvalue weighted by molar-refractivity contribution is 5.89. The van der Waals surface area contributed by atoms with Crippen molar-refractivity contribution in [2.75, 3.05) is 5.32 Å². The summed E-state index contributed by atoms with van der Waals surface area (Å²) in [6.45, 7) is 2.11. The average Bonchev–Trinajstić information content (AvgIpc) is 3.07. The van der Waals surface area contributed by atoms with Crippen LogP contribution in [0.1, 0.15) is 50.1 Å². The number of carboxylic acids is 1. The first-order valence-corrected chi connectivity index (χ1v) is 9.40. The van der Waals surface area contributed by atoms with Crippen LogP contribution in [-0.4, -0.2) is 11.1 Å². The molecule has 0 unspecified atom stereocenters. The van der Waals surface area contributed by atoms with E-state index in [0.29, 0.717) is 11.5 Å². The summed E-state index contributed by atoms with van der Waals surface area (Å²) in [5, 5.41) is 13.2. The van der Waals surface area contributed by atoms with Crippen molar-refractivity contribution in [1.82, 2.24) is 0 Å². The van der Waals surface area contributed by atoms with Gasteiger partial charge < -0.3 is 10.4 Å². The average molecular weight is 355 g/mol. The van der Waals surface area contributed by atoms with E-state index in [9.17, 15) is 9.90 Å². The molecule has 134 valence electrons. The van der Waals surface area contributed by atoms with Crippen LogP contribution in [0, 0.1) is 12.8 Å². The number of benzene rings is 3. The molecule has 27 heavy (non-hydrogen) atoms. The van der Waals surface area contributed by atoms with E-state index < -0.39 is 5.97 Å². The second-order valence-corrected chi connectivity index (χ2v) is 7.68. The summed E-state index contributed by atoms with van der Waals surface area (Å²) in [4.78, 5) is 11.5. The number of carboxylic acid groups (broad SMARTS) is 1. The number of aromatic carboxylic acids is 1. The molecule has 0 fully saturated rings. The van der Waals surface area contributed by atoms with Crippen molar-refractivity contribution < 1.29 is 9.90 Å². The fourth-order valence-electron chi connectivity index (χ4n) is 4.80. The molecule has 0 bridgehead atoms. The predicted molar refractivity (Wildman–Crippen MR) is 106 cm³/mol. The maximum absolute atomic E-state index is 11.5. The van der Waals surface area contributed by atoms with E-state index in [1.807, 2.05) is 12.1 Å². The molecule has 1 heterocycles. The van der Waals surface area contributed by atoms with E-state index in [0.717, 1.165) is 17.7 Å². The molecule has 5 rings (SSSR count). The minimum atomic E-state index is -0.874. The van der Waals surface area contributed by atoms with Gasteiger partial charge in [0.25, 0.3) is 0 Å². The Balaban J connectivity index is 1.68. The van der Waals surface area contributed by atoms with Crippen molar-refractivity contribution in [2.24, 2.45) is 5.92 Å². The van der Waals surface area contributed by atoms with E-state index in [4.69, 9.17) is 0 Å². The number of carbonyl (C=O) groups is 1. The van der Waals surface area contributed by atoms with Crippen LogP contribution >= 0.6 is 0 Å². The maximum Gasteiger partial charge on any atom is 0.335 e. The first-order chi connectivity index (χ1) is 13.1. The zero-order valence-corrected chi connectivity index (χ0v) is 15.1. The Morgan fingerprint density at radius 2 is 1.78 bits per heavy atom. The first kappa shape index (κ1) is 16.1. The van der Waals surface area contributed by atoms with Crippen molar-refractivity contribution in [3.05, 3.63) is 100 Å². The summed E-state index contributed by atoms with van der Waals surface area (Å²) in [5.74, 6) is -0.272. The van der Waals surface area contributed by atoms with Crippen molar-refractivity contribution in [3.63, 3.8) is 0 Å². The zero-order valence-electron chi connectivity index (χ0n) is 15.1. The third-order valence-corrected chi connectivity index (χ3v) is 6.08. The van der Waals surface area contributed by atoms with Gasteiger partial charge in [-0.25, -0.2) is 4.79 Å². The lowest BCUT2D eigenvalue weighted by Crippen LogP contribution is -2.30. The lowest BCUT2D eigenvalue weighted by Gasteiger charge is -2.38. The van der Waals surface area contributed by atoms with E-state index in [-0.39, 0.29) is 12.0 Å². The molecular weight excluding hydrogens is 334 g/mol. The lowest BCUT2D eigenvalue weighted by molar-refractivity contribution is 0.0696. The fraction of sp³-hybridized carbons (Fsp3) is 0.208. The lowest BCUT2D eigenvalue weighted by atomic mass is 9.75. The second-order valence-electron chi connectivity index (χ2n) is 7.68. The van der Waals surface area contributed by atoms with Crippen molar-refractivity contribution in [2.45, 2.75) is 25.3 Å². The Kier molecular flexibility index (Phi) is 3.57. The van der Waals surface area contributed by atoms with Crippen LogP contribution in [0.2, 0.25) is 0 Å². The van der Waals surface area contributed by atoms with Gasteiger partial charge in [-0.05, 0) is 59.7 Å². The summed E-state index contributed by atoms with van der Waals surface area (Å²) in [7, 11) is 0. The molecule has 3 aromatic carbocycles. The standard InChI is InChI=1S/C24H21NO2/c1-14-6-8-15(9-7-14)23-20-12-16-4-2-3-5-18(16)22(20)19-13-17(24(26)27)10-11-21(19)25-23/h2-11,13,20,22-23,25H,12H2,1H3,(H,26,27)/t20-,22-,23+/m1/s1. The van der Waals surface area contributed by atoms with Crippen LogP contribution in [0.3, 0.4) is 0 Å². The third kappa shape index (κ3) is 2.54. The Morgan fingerprint density at radius 1 is 1.00 bits per heavy atom. The Labute approximate surface area is 158 Å². The third-order valence-electron chi connectivity index (χ3n) is 6.08. The molecule has 3 heteroatoms. The smallest absolute Gasteiger partial charge is 0.335 e. The molecule has 3 aromatic rings. The summed E-state index contributed by atoms with van der Waals surface area (Å²) < 4.78 is 0. The number of aryl methyl sites for hydroxylation is 1. The van der Waals surface area contributed by atoms with Crippen LogP contribution in [0.4, 0.5) is 5.69 Å². The van der Waals surface area contributed by atoms with Crippen molar-refractivity contribution in [3.8, 4) is 0 Å². The fourth-order valence-corrected chi connectivity index (χ4v) is 4.80. The van der Waals surface area contributed by atoms with Crippen LogP contribution in [-0.2, 0) is 6.42 Å². The van der Waals surface area contributed by atoms with Gasteiger partial charge in [0.05, 0.1) is 11.6 Å². The molecule has 1 aliphatic carbocycles. The molecule has 1 aliphatic heterocycles. The highest BCUT2D eigenvalue weighted by Gasteiger charge is 2.43. The number of nitrogens with one attached hydrogen (secondary N) is 1. The highest BCUT2D eigenvalue weighted by Crippen LogP contribution is 2.53. The normalized spacial score (nSPS) is 22.3. The largest absolute Gasteiger partial charge is 0.478 e. The van der Waals surface area contributed by atoms with Gasteiger partial charge in [0.2, 0.25) is 0 Å². The molecule has 2 aliphatic rings. The molecule has 0 saturated heterocycles. The van der Waals surface area contributed by atoms with Crippen LogP contribution < -0.4 is 5.32 Å². The number of rotatable bonds is 2. The van der Waals surface area contributed by atoms with Gasteiger partial charge >= 0.3 is 5.97 Å². The van der Waals surface area contributed by atoms with Gasteiger partial charge in [-0.3, -0.25) is 0 Å². The minimum Gasteiger partial charge on any atom is -0.478 e. The van der Waals surface area contributed by atoms with Gasteiger partial charge in [-0.2, -0.15) is 0 Å². The molecule has 0 radical (unpaired) electrons. The van der Waals surface area contributed by atoms with Gasteiger partial charge in [0, 0.05) is 11.6 Å². The molecular formula is C24H21NO2. The monoisotopic (exact) mass is 355 g/mol. The summed E-state index contributed by atoms with van der Waals surface area (Å²) >= 11 is 0. The Morgan fingerprint density at radius 3 is 2.56 bits per heavy atom. The molecule has 3 nitrogen and oxygen atoms in total.